The van der Waals surface area contributed by atoms with Crippen LogP contribution in [0.2, 0.25) is 0 Å². The van der Waals surface area contributed by atoms with E-state index in [0.717, 1.165) is 23.8 Å². The average Bonchev–Trinajstić information content (AvgIpc) is 3.08. The number of ether oxygens (including phenoxy) is 4. The highest BCUT2D eigenvalue weighted by atomic mass is 16.5. The zero-order valence-corrected chi connectivity index (χ0v) is 25.3. The van der Waals surface area contributed by atoms with E-state index in [4.69, 9.17) is 24.1 Å². The number of para-hydroxylation sites is 1. The van der Waals surface area contributed by atoms with E-state index in [1.54, 1.807) is 49.6 Å². The Hall–Kier alpha value is -5.12. The number of carbonyl (C=O) groups excluding carboxylic acids is 2. The molecule has 0 bridgehead atoms. The molecule has 1 N–H and O–H groups in total. The van der Waals surface area contributed by atoms with Crippen molar-refractivity contribution >= 4 is 28.7 Å². The number of methoxy groups -OCH3 is 2. The first-order valence-corrected chi connectivity index (χ1v) is 14.9. The van der Waals surface area contributed by atoms with Gasteiger partial charge in [0.1, 0.15) is 17.9 Å². The van der Waals surface area contributed by atoms with Crippen LogP contribution in [0, 0.1) is 0 Å². The monoisotopic (exact) mass is 612 g/mol. The summed E-state index contributed by atoms with van der Waals surface area (Å²) in [7, 11) is 3.14. The minimum absolute atomic E-state index is 0.258. The molecule has 3 aromatic carbocycles. The van der Waals surface area contributed by atoms with Crippen LogP contribution in [-0.2, 0) is 20.7 Å². The van der Waals surface area contributed by atoms with E-state index in [1.807, 2.05) is 48.5 Å². The van der Waals surface area contributed by atoms with Gasteiger partial charge in [0, 0.05) is 18.1 Å². The van der Waals surface area contributed by atoms with E-state index in [2.05, 4.69) is 4.98 Å². The van der Waals surface area contributed by atoms with E-state index >= 15 is 0 Å². The van der Waals surface area contributed by atoms with E-state index in [-0.39, 0.29) is 5.91 Å². The van der Waals surface area contributed by atoms with E-state index < -0.39 is 30.7 Å². The maximum atomic E-state index is 13.9. The molecule has 0 aliphatic carbocycles. The molecule has 234 valence electrons. The lowest BCUT2D eigenvalue weighted by atomic mass is 9.98. The second-order valence-electron chi connectivity index (χ2n) is 10.8. The van der Waals surface area contributed by atoms with Crippen molar-refractivity contribution in [3.63, 3.8) is 0 Å². The number of esters is 1. The standard InChI is InChI=1S/C35H36N2O8/c1-42-30-17-15-23(20-31(30)43-2)14-16-29(25-9-5-11-26(21-25)44-22-32(38)39)45-35(41)28-13-3-4-19-37(28)34(40)27-12-6-8-24-10-7-18-36-33(24)27/h5-12,15,17-18,20-21,28-29H,3-4,13-14,16,19,22H2,1-2H3,(H,38,39)/t28-,29+/m0/s1. The Labute approximate surface area is 261 Å². The zero-order valence-electron chi connectivity index (χ0n) is 25.3. The number of amides is 1. The van der Waals surface area contributed by atoms with Gasteiger partial charge in [0.15, 0.2) is 18.1 Å². The number of aliphatic carboxylic acids is 1. The molecular weight excluding hydrogens is 576 g/mol. The smallest absolute Gasteiger partial charge is 0.341 e. The maximum absolute atomic E-state index is 13.9. The van der Waals surface area contributed by atoms with Crippen LogP contribution in [-0.4, -0.2) is 66.2 Å². The zero-order chi connectivity index (χ0) is 31.8. The number of nitrogens with zero attached hydrogens (tertiary/aromatic N) is 2. The van der Waals surface area contributed by atoms with Gasteiger partial charge in [0.25, 0.3) is 5.91 Å². The lowest BCUT2D eigenvalue weighted by Crippen LogP contribution is -2.49. The predicted molar refractivity (Wildman–Crippen MR) is 167 cm³/mol. The number of hydrogen-bond donors (Lipinski definition) is 1. The molecule has 10 heteroatoms. The molecule has 10 nitrogen and oxygen atoms in total. The minimum atomic E-state index is -1.10. The SMILES string of the molecule is COc1ccc(CC[C@@H](OC(=O)[C@@H]2CCCCN2C(=O)c2cccc3cccnc23)c2cccc(OCC(=O)O)c2)cc1OC. The molecule has 1 saturated heterocycles. The van der Waals surface area contributed by atoms with E-state index in [9.17, 15) is 14.4 Å². The fourth-order valence-electron chi connectivity index (χ4n) is 5.65. The molecule has 0 spiro atoms. The number of pyridine rings is 1. The first-order chi connectivity index (χ1) is 21.9. The van der Waals surface area contributed by atoms with Crippen molar-refractivity contribution < 1.29 is 38.4 Å². The number of likely N-dealkylation sites (tertiary alicyclic amines) is 1. The number of aryl methyl sites for hydroxylation is 1. The average molecular weight is 613 g/mol. The molecule has 1 amide bonds. The van der Waals surface area contributed by atoms with Crippen molar-refractivity contribution in [1.29, 1.82) is 0 Å². The molecule has 0 unspecified atom stereocenters. The van der Waals surface area contributed by atoms with E-state index in [0.29, 0.717) is 59.7 Å². The van der Waals surface area contributed by atoms with Crippen LogP contribution in [0.3, 0.4) is 0 Å². The molecular formula is C35H36N2O8. The highest BCUT2D eigenvalue weighted by Gasteiger charge is 2.36. The summed E-state index contributed by atoms with van der Waals surface area (Å²) >= 11 is 0. The molecule has 4 aromatic rings. The lowest BCUT2D eigenvalue weighted by Gasteiger charge is -2.35. The van der Waals surface area contributed by atoms with Crippen molar-refractivity contribution in [3.05, 3.63) is 95.7 Å². The van der Waals surface area contributed by atoms with Gasteiger partial charge in [-0.3, -0.25) is 9.78 Å². The Balaban J connectivity index is 1.40. The Morgan fingerprint density at radius 3 is 2.56 bits per heavy atom. The van der Waals surface area contributed by atoms with Gasteiger partial charge in [0.2, 0.25) is 0 Å². The first kappa shape index (κ1) is 31.3. The molecule has 1 aliphatic rings. The molecule has 0 saturated carbocycles. The molecule has 0 radical (unpaired) electrons. The summed E-state index contributed by atoms with van der Waals surface area (Å²) in [4.78, 5) is 44.9. The summed E-state index contributed by atoms with van der Waals surface area (Å²) < 4.78 is 22.4. The van der Waals surface area contributed by atoms with Crippen LogP contribution in [0.25, 0.3) is 10.9 Å². The van der Waals surface area contributed by atoms with Crippen LogP contribution in [0.1, 0.15) is 53.3 Å². The third kappa shape index (κ3) is 7.52. The molecule has 1 aromatic heterocycles. The summed E-state index contributed by atoms with van der Waals surface area (Å²) in [5, 5.41) is 9.91. The topological polar surface area (TPSA) is 124 Å². The number of rotatable bonds is 12. The van der Waals surface area contributed by atoms with Crippen LogP contribution >= 0.6 is 0 Å². The van der Waals surface area contributed by atoms with Crippen LogP contribution in [0.4, 0.5) is 0 Å². The first-order valence-electron chi connectivity index (χ1n) is 14.9. The van der Waals surface area contributed by atoms with Gasteiger partial charge in [-0.05, 0) is 79.6 Å². The number of carboxylic acids is 1. The number of piperidine rings is 1. The van der Waals surface area contributed by atoms with Crippen LogP contribution < -0.4 is 14.2 Å². The molecule has 2 atom stereocenters. The van der Waals surface area contributed by atoms with Gasteiger partial charge in [-0.2, -0.15) is 0 Å². The van der Waals surface area contributed by atoms with Gasteiger partial charge >= 0.3 is 11.9 Å². The van der Waals surface area contributed by atoms with Crippen molar-refractivity contribution in [2.75, 3.05) is 27.4 Å². The number of carboxylic acid groups (broad SMARTS) is 1. The molecule has 1 aliphatic heterocycles. The quantitative estimate of drug-likeness (QED) is 0.203. The van der Waals surface area contributed by atoms with E-state index in [1.165, 1.54) is 0 Å². The van der Waals surface area contributed by atoms with Crippen LogP contribution in [0.5, 0.6) is 17.2 Å². The number of fused-ring (bicyclic) bond motifs is 1. The predicted octanol–water partition coefficient (Wildman–Crippen LogP) is 5.63. The largest absolute Gasteiger partial charge is 0.493 e. The Morgan fingerprint density at radius 1 is 0.956 bits per heavy atom. The van der Waals surface area contributed by atoms with Gasteiger partial charge in [-0.15, -0.1) is 0 Å². The summed E-state index contributed by atoms with van der Waals surface area (Å²) in [6, 6.07) is 20.9. The Kier molecular flexibility index (Phi) is 10.1. The summed E-state index contributed by atoms with van der Waals surface area (Å²) in [6.45, 7) is -0.0711. The van der Waals surface area contributed by atoms with Crippen molar-refractivity contribution in [1.82, 2.24) is 9.88 Å². The maximum Gasteiger partial charge on any atom is 0.341 e. The van der Waals surface area contributed by atoms with Gasteiger partial charge in [-0.1, -0.05) is 36.4 Å². The van der Waals surface area contributed by atoms with Gasteiger partial charge in [0.05, 0.1) is 25.3 Å². The fraction of sp³-hybridized carbons (Fsp3) is 0.314. The number of hydrogen-bond acceptors (Lipinski definition) is 8. The highest BCUT2D eigenvalue weighted by molar-refractivity contribution is 6.06. The number of benzene rings is 3. The third-order valence-electron chi connectivity index (χ3n) is 7.89. The lowest BCUT2D eigenvalue weighted by molar-refractivity contribution is -0.156. The molecule has 2 heterocycles. The van der Waals surface area contributed by atoms with Crippen LogP contribution in [0.15, 0.2) is 79.0 Å². The number of aromatic nitrogens is 1. The number of carbonyl (C=O) groups is 3. The van der Waals surface area contributed by atoms with Gasteiger partial charge in [-0.25, -0.2) is 9.59 Å². The minimum Gasteiger partial charge on any atom is -0.493 e. The Morgan fingerprint density at radius 2 is 1.76 bits per heavy atom. The van der Waals surface area contributed by atoms with Gasteiger partial charge < -0.3 is 29.0 Å². The second kappa shape index (κ2) is 14.6. The second-order valence-corrected chi connectivity index (χ2v) is 10.8. The Bertz CT molecular complexity index is 1670. The molecule has 1 fully saturated rings. The third-order valence-corrected chi connectivity index (χ3v) is 7.89. The molecule has 5 rings (SSSR count). The summed E-state index contributed by atoms with van der Waals surface area (Å²) in [5.74, 6) is -0.305. The van der Waals surface area contributed by atoms with Crippen molar-refractivity contribution in [2.45, 2.75) is 44.2 Å². The van der Waals surface area contributed by atoms with Crippen molar-refractivity contribution in [2.24, 2.45) is 0 Å². The summed E-state index contributed by atoms with van der Waals surface area (Å²) in [6.07, 6.45) is 3.94. The van der Waals surface area contributed by atoms with Crippen molar-refractivity contribution in [3.8, 4) is 17.2 Å². The summed E-state index contributed by atoms with van der Waals surface area (Å²) in [5.41, 5.74) is 2.64. The normalized spacial score (nSPS) is 15.2. The molecule has 45 heavy (non-hydrogen) atoms. The fourth-order valence-corrected chi connectivity index (χ4v) is 5.65. The highest BCUT2D eigenvalue weighted by Crippen LogP contribution is 2.32.